The summed E-state index contributed by atoms with van der Waals surface area (Å²) in [6.45, 7) is 4.72. The van der Waals surface area contributed by atoms with E-state index in [2.05, 4.69) is 11.6 Å². The van der Waals surface area contributed by atoms with Crippen LogP contribution in [0.4, 0.5) is 0 Å². The molecule has 1 unspecified atom stereocenters. The first-order valence-electron chi connectivity index (χ1n) is 3.52. The first-order chi connectivity index (χ1) is 4.43. The minimum Gasteiger partial charge on any atom is -0.297 e. The minimum atomic E-state index is 0.785. The van der Waals surface area contributed by atoms with Crippen LogP contribution >= 0.6 is 0 Å². The number of allylic oxidation sites excluding steroid dienone is 1. The Morgan fingerprint density at radius 2 is 2.67 bits per heavy atom. The van der Waals surface area contributed by atoms with Crippen molar-refractivity contribution in [1.29, 1.82) is 0 Å². The molecule has 0 spiro atoms. The van der Waals surface area contributed by atoms with Crippen molar-refractivity contribution >= 4 is 6.21 Å². The van der Waals surface area contributed by atoms with Gasteiger partial charge in [-0.1, -0.05) is 6.08 Å². The van der Waals surface area contributed by atoms with E-state index in [1.807, 2.05) is 12.3 Å². The van der Waals surface area contributed by atoms with Crippen LogP contribution in [0.3, 0.4) is 0 Å². The van der Waals surface area contributed by atoms with Crippen LogP contribution in [-0.4, -0.2) is 12.8 Å². The van der Waals surface area contributed by atoms with Gasteiger partial charge in [0.15, 0.2) is 0 Å². The lowest BCUT2D eigenvalue weighted by atomic mass is 9.98. The van der Waals surface area contributed by atoms with Gasteiger partial charge in [0.1, 0.15) is 0 Å². The molecule has 0 N–H and O–H groups in total. The zero-order valence-corrected chi connectivity index (χ0v) is 5.71. The van der Waals surface area contributed by atoms with Crippen LogP contribution in [0.2, 0.25) is 0 Å². The number of rotatable bonds is 2. The van der Waals surface area contributed by atoms with E-state index in [9.17, 15) is 0 Å². The Bertz CT molecular complexity index is 116. The number of nitrogens with zero attached hydrogens (tertiary/aromatic N) is 1. The van der Waals surface area contributed by atoms with E-state index in [-0.39, 0.29) is 0 Å². The van der Waals surface area contributed by atoms with Crippen LogP contribution in [0.1, 0.15) is 19.3 Å². The molecule has 0 fully saturated rings. The molecular weight excluding hydrogens is 110 g/mol. The monoisotopic (exact) mass is 123 g/mol. The summed E-state index contributed by atoms with van der Waals surface area (Å²) < 4.78 is 0. The standard InChI is InChI=1S/C8H13N/c1-2-4-8-5-3-6-9-7-8/h2,6,8H,1,3-5,7H2. The fraction of sp³-hybridized carbons (Fsp3) is 0.625. The molecule has 0 amide bonds. The van der Waals surface area contributed by atoms with Crippen LogP contribution in [-0.2, 0) is 0 Å². The summed E-state index contributed by atoms with van der Waals surface area (Å²) in [5, 5.41) is 0. The Balaban J connectivity index is 2.26. The van der Waals surface area contributed by atoms with Crippen molar-refractivity contribution in [2.75, 3.05) is 6.54 Å². The van der Waals surface area contributed by atoms with E-state index in [0.29, 0.717) is 0 Å². The molecule has 1 atom stereocenters. The summed E-state index contributed by atoms with van der Waals surface area (Å²) in [6, 6.07) is 0. The van der Waals surface area contributed by atoms with Gasteiger partial charge in [-0.25, -0.2) is 0 Å². The molecule has 1 nitrogen and oxygen atoms in total. The third-order valence-corrected chi connectivity index (χ3v) is 1.70. The Hall–Kier alpha value is -0.590. The van der Waals surface area contributed by atoms with E-state index in [0.717, 1.165) is 18.9 Å². The Kier molecular flexibility index (Phi) is 2.49. The molecule has 0 saturated carbocycles. The van der Waals surface area contributed by atoms with Crippen LogP contribution in [0, 0.1) is 5.92 Å². The average Bonchev–Trinajstić information content (AvgIpc) is 1.91. The van der Waals surface area contributed by atoms with Crippen molar-refractivity contribution in [1.82, 2.24) is 0 Å². The van der Waals surface area contributed by atoms with Gasteiger partial charge in [-0.05, 0) is 31.4 Å². The Morgan fingerprint density at radius 3 is 3.22 bits per heavy atom. The minimum absolute atomic E-state index is 0.785. The first-order valence-corrected chi connectivity index (χ1v) is 3.52. The maximum absolute atomic E-state index is 4.20. The molecule has 1 rings (SSSR count). The quantitative estimate of drug-likeness (QED) is 0.498. The normalized spacial score (nSPS) is 26.0. The third kappa shape index (κ3) is 2.00. The lowest BCUT2D eigenvalue weighted by Gasteiger charge is -2.13. The van der Waals surface area contributed by atoms with Gasteiger partial charge in [0.2, 0.25) is 0 Å². The van der Waals surface area contributed by atoms with Gasteiger partial charge in [-0.15, -0.1) is 6.58 Å². The van der Waals surface area contributed by atoms with Crippen LogP contribution < -0.4 is 0 Å². The summed E-state index contributed by atoms with van der Waals surface area (Å²) in [6.07, 6.45) is 7.62. The number of hydrogen-bond donors (Lipinski definition) is 0. The van der Waals surface area contributed by atoms with Gasteiger partial charge in [0.05, 0.1) is 0 Å². The van der Waals surface area contributed by atoms with Crippen LogP contribution in [0.25, 0.3) is 0 Å². The van der Waals surface area contributed by atoms with Crippen LogP contribution in [0.5, 0.6) is 0 Å². The lowest BCUT2D eigenvalue weighted by molar-refractivity contribution is 0.502. The van der Waals surface area contributed by atoms with Crippen molar-refractivity contribution in [3.05, 3.63) is 12.7 Å². The molecule has 1 aliphatic rings. The van der Waals surface area contributed by atoms with E-state index in [1.165, 1.54) is 12.8 Å². The smallest absolute Gasteiger partial charge is 0.0416 e. The van der Waals surface area contributed by atoms with Gasteiger partial charge < -0.3 is 0 Å². The fourth-order valence-corrected chi connectivity index (χ4v) is 1.14. The lowest BCUT2D eigenvalue weighted by Crippen LogP contribution is -2.08. The number of aliphatic imine (C=N–C) groups is 1. The van der Waals surface area contributed by atoms with Crippen molar-refractivity contribution in [3.63, 3.8) is 0 Å². The van der Waals surface area contributed by atoms with Crippen LogP contribution in [0.15, 0.2) is 17.6 Å². The summed E-state index contributed by atoms with van der Waals surface area (Å²) in [5.74, 6) is 0.785. The predicted octanol–water partition coefficient (Wildman–Crippen LogP) is 2.04. The zero-order valence-electron chi connectivity index (χ0n) is 5.71. The van der Waals surface area contributed by atoms with Crippen molar-refractivity contribution in [2.24, 2.45) is 10.9 Å². The topological polar surface area (TPSA) is 12.4 Å². The molecule has 0 bridgehead atoms. The summed E-state index contributed by atoms with van der Waals surface area (Å²) in [4.78, 5) is 4.20. The molecule has 1 heteroatoms. The maximum Gasteiger partial charge on any atom is 0.0416 e. The van der Waals surface area contributed by atoms with Crippen molar-refractivity contribution in [2.45, 2.75) is 19.3 Å². The second-order valence-corrected chi connectivity index (χ2v) is 2.52. The Morgan fingerprint density at radius 1 is 1.78 bits per heavy atom. The van der Waals surface area contributed by atoms with Gasteiger partial charge in [-0.2, -0.15) is 0 Å². The molecule has 50 valence electrons. The second kappa shape index (κ2) is 3.44. The fourth-order valence-electron chi connectivity index (χ4n) is 1.14. The first kappa shape index (κ1) is 6.53. The SMILES string of the molecule is C=CCC1CCC=NC1. The Labute approximate surface area is 56.5 Å². The molecule has 0 saturated heterocycles. The molecule has 0 radical (unpaired) electrons. The van der Waals surface area contributed by atoms with Crippen molar-refractivity contribution in [3.8, 4) is 0 Å². The molecule has 1 heterocycles. The van der Waals surface area contributed by atoms with Gasteiger partial charge in [0.25, 0.3) is 0 Å². The number of hydrogen-bond acceptors (Lipinski definition) is 1. The van der Waals surface area contributed by atoms with Crippen molar-refractivity contribution < 1.29 is 0 Å². The van der Waals surface area contributed by atoms with E-state index < -0.39 is 0 Å². The highest BCUT2D eigenvalue weighted by Gasteiger charge is 2.07. The highest BCUT2D eigenvalue weighted by molar-refractivity contribution is 5.57. The molecular formula is C8H13N. The van der Waals surface area contributed by atoms with E-state index in [4.69, 9.17) is 0 Å². The van der Waals surface area contributed by atoms with E-state index in [1.54, 1.807) is 0 Å². The summed E-state index contributed by atoms with van der Waals surface area (Å²) in [7, 11) is 0. The zero-order chi connectivity index (χ0) is 6.53. The molecule has 0 aromatic heterocycles. The third-order valence-electron chi connectivity index (χ3n) is 1.70. The summed E-state index contributed by atoms with van der Waals surface area (Å²) >= 11 is 0. The molecule has 9 heavy (non-hydrogen) atoms. The summed E-state index contributed by atoms with van der Waals surface area (Å²) in [5.41, 5.74) is 0. The molecule has 0 aromatic carbocycles. The molecule has 0 aliphatic carbocycles. The predicted molar refractivity (Wildman–Crippen MR) is 40.9 cm³/mol. The molecule has 0 aromatic rings. The largest absolute Gasteiger partial charge is 0.297 e. The van der Waals surface area contributed by atoms with Gasteiger partial charge in [-0.3, -0.25) is 4.99 Å². The highest BCUT2D eigenvalue weighted by atomic mass is 14.7. The molecule has 1 aliphatic heterocycles. The van der Waals surface area contributed by atoms with E-state index >= 15 is 0 Å². The van der Waals surface area contributed by atoms with Gasteiger partial charge in [0, 0.05) is 6.54 Å². The maximum atomic E-state index is 4.20. The second-order valence-electron chi connectivity index (χ2n) is 2.52. The highest BCUT2D eigenvalue weighted by Crippen LogP contribution is 2.14. The van der Waals surface area contributed by atoms with Gasteiger partial charge >= 0.3 is 0 Å². The average molecular weight is 123 g/mol.